The lowest BCUT2D eigenvalue weighted by Crippen LogP contribution is -2.15. The average molecular weight is 275 g/mol. The number of benzene rings is 1. The maximum absolute atomic E-state index is 14.0. The van der Waals surface area contributed by atoms with Crippen LogP contribution in [0.5, 0.6) is 0 Å². The van der Waals surface area contributed by atoms with Gasteiger partial charge < -0.3 is 5.73 Å². The van der Waals surface area contributed by atoms with E-state index in [2.05, 4.69) is 22.4 Å². The van der Waals surface area contributed by atoms with Gasteiger partial charge in [-0.25, -0.2) is 9.07 Å². The van der Waals surface area contributed by atoms with E-state index in [0.717, 1.165) is 6.54 Å². The summed E-state index contributed by atoms with van der Waals surface area (Å²) in [6.07, 6.45) is 3.68. The van der Waals surface area contributed by atoms with Gasteiger partial charge in [-0.3, -0.25) is 0 Å². The number of tetrazole rings is 1. The number of rotatable bonds is 3. The second-order valence-corrected chi connectivity index (χ2v) is 5.59. The maximum atomic E-state index is 14.0. The average Bonchev–Trinajstić information content (AvgIpc) is 3.01. The topological polar surface area (TPSA) is 69.6 Å². The summed E-state index contributed by atoms with van der Waals surface area (Å²) < 4.78 is 15.7. The molecule has 1 fully saturated rings. The summed E-state index contributed by atoms with van der Waals surface area (Å²) in [5.41, 5.74) is 6.37. The fraction of sp³-hybridized carbons (Fsp3) is 0.500. The van der Waals surface area contributed by atoms with Crippen LogP contribution in [0.25, 0.3) is 11.4 Å². The molecule has 1 aliphatic carbocycles. The highest BCUT2D eigenvalue weighted by atomic mass is 19.1. The predicted octanol–water partition coefficient (Wildman–Crippen LogP) is 2.50. The standard InChI is InChI=1S/C14H18FN5/c1-9-3-2-4-10(9)8-20-14(17-18-19-20)12-6-5-11(16)7-13(12)15/h5-7,9-10H,2-4,8,16H2,1H3. The van der Waals surface area contributed by atoms with Gasteiger partial charge in [-0.1, -0.05) is 19.8 Å². The number of nitrogens with two attached hydrogens (primary N) is 1. The van der Waals surface area contributed by atoms with Crippen LogP contribution >= 0.6 is 0 Å². The summed E-state index contributed by atoms with van der Waals surface area (Å²) in [7, 11) is 0. The Morgan fingerprint density at radius 3 is 2.95 bits per heavy atom. The predicted molar refractivity (Wildman–Crippen MR) is 74.1 cm³/mol. The first-order valence-electron chi connectivity index (χ1n) is 6.96. The molecule has 0 bridgehead atoms. The van der Waals surface area contributed by atoms with Crippen LogP contribution in [0.1, 0.15) is 26.2 Å². The van der Waals surface area contributed by atoms with Gasteiger partial charge in [0.15, 0.2) is 5.82 Å². The molecule has 106 valence electrons. The number of hydrogen-bond donors (Lipinski definition) is 1. The van der Waals surface area contributed by atoms with Gasteiger partial charge in [0.1, 0.15) is 5.82 Å². The Morgan fingerprint density at radius 2 is 2.25 bits per heavy atom. The van der Waals surface area contributed by atoms with Gasteiger partial charge in [-0.2, -0.15) is 0 Å². The molecule has 6 heteroatoms. The lowest BCUT2D eigenvalue weighted by atomic mass is 9.98. The smallest absolute Gasteiger partial charge is 0.184 e. The number of hydrogen-bond acceptors (Lipinski definition) is 4. The fourth-order valence-electron chi connectivity index (χ4n) is 2.95. The minimum absolute atomic E-state index is 0.388. The molecule has 20 heavy (non-hydrogen) atoms. The van der Waals surface area contributed by atoms with Crippen molar-refractivity contribution in [2.45, 2.75) is 32.7 Å². The molecule has 1 aliphatic rings. The summed E-state index contributed by atoms with van der Waals surface area (Å²) in [6, 6.07) is 4.59. The van der Waals surface area contributed by atoms with Crippen molar-refractivity contribution in [3.63, 3.8) is 0 Å². The second kappa shape index (κ2) is 5.19. The van der Waals surface area contributed by atoms with E-state index in [-0.39, 0.29) is 5.82 Å². The number of nitrogen functional groups attached to an aromatic ring is 1. The number of nitrogens with zero attached hydrogens (tertiary/aromatic N) is 4. The van der Waals surface area contributed by atoms with E-state index < -0.39 is 0 Å². The van der Waals surface area contributed by atoms with Crippen LogP contribution in [-0.2, 0) is 6.54 Å². The third-order valence-corrected chi connectivity index (χ3v) is 4.21. The molecule has 1 heterocycles. The van der Waals surface area contributed by atoms with Gasteiger partial charge in [0.05, 0.1) is 5.56 Å². The van der Waals surface area contributed by atoms with Crippen LogP contribution in [0.2, 0.25) is 0 Å². The summed E-state index contributed by atoms with van der Waals surface area (Å²) in [5, 5.41) is 11.7. The first kappa shape index (κ1) is 13.0. The summed E-state index contributed by atoms with van der Waals surface area (Å²) in [5.74, 6) is 1.32. The second-order valence-electron chi connectivity index (χ2n) is 5.59. The minimum Gasteiger partial charge on any atom is -0.399 e. The molecule has 1 saturated carbocycles. The largest absolute Gasteiger partial charge is 0.399 e. The summed E-state index contributed by atoms with van der Waals surface area (Å²) in [6.45, 7) is 3.00. The van der Waals surface area contributed by atoms with Crippen molar-refractivity contribution in [3.8, 4) is 11.4 Å². The lowest BCUT2D eigenvalue weighted by Gasteiger charge is -2.15. The molecule has 5 nitrogen and oxygen atoms in total. The normalized spacial score (nSPS) is 22.3. The monoisotopic (exact) mass is 275 g/mol. The molecule has 1 aromatic heterocycles. The Morgan fingerprint density at radius 1 is 1.40 bits per heavy atom. The Kier molecular flexibility index (Phi) is 3.38. The van der Waals surface area contributed by atoms with E-state index in [0.29, 0.717) is 28.9 Å². The molecule has 0 aliphatic heterocycles. The quantitative estimate of drug-likeness (QED) is 0.874. The molecule has 2 unspecified atom stereocenters. The van der Waals surface area contributed by atoms with Crippen LogP contribution in [0.4, 0.5) is 10.1 Å². The van der Waals surface area contributed by atoms with Crippen molar-refractivity contribution < 1.29 is 4.39 Å². The zero-order chi connectivity index (χ0) is 14.1. The van der Waals surface area contributed by atoms with Gasteiger partial charge in [-0.05, 0) is 46.9 Å². The molecule has 0 radical (unpaired) electrons. The highest BCUT2D eigenvalue weighted by Gasteiger charge is 2.25. The molecule has 2 atom stereocenters. The van der Waals surface area contributed by atoms with E-state index in [1.807, 2.05) is 0 Å². The van der Waals surface area contributed by atoms with E-state index in [1.165, 1.54) is 25.3 Å². The molecule has 2 aromatic rings. The van der Waals surface area contributed by atoms with Crippen molar-refractivity contribution in [3.05, 3.63) is 24.0 Å². The van der Waals surface area contributed by atoms with Crippen molar-refractivity contribution in [2.75, 3.05) is 5.73 Å². The SMILES string of the molecule is CC1CCCC1Cn1nnnc1-c1ccc(N)cc1F. The van der Waals surface area contributed by atoms with Crippen LogP contribution in [-0.4, -0.2) is 20.2 Å². The van der Waals surface area contributed by atoms with E-state index in [1.54, 1.807) is 16.8 Å². The Balaban J connectivity index is 1.89. The summed E-state index contributed by atoms with van der Waals surface area (Å²) >= 11 is 0. The van der Waals surface area contributed by atoms with Crippen molar-refractivity contribution in [2.24, 2.45) is 11.8 Å². The van der Waals surface area contributed by atoms with Crippen LogP contribution in [0.15, 0.2) is 18.2 Å². The van der Waals surface area contributed by atoms with E-state index in [9.17, 15) is 4.39 Å². The Labute approximate surface area is 117 Å². The highest BCUT2D eigenvalue weighted by molar-refractivity contribution is 5.59. The van der Waals surface area contributed by atoms with Gasteiger partial charge in [0.2, 0.25) is 0 Å². The zero-order valence-corrected chi connectivity index (χ0v) is 11.5. The molecule has 2 N–H and O–H groups in total. The molecular formula is C14H18FN5. The number of anilines is 1. The van der Waals surface area contributed by atoms with E-state index in [4.69, 9.17) is 5.73 Å². The van der Waals surface area contributed by atoms with Crippen LogP contribution < -0.4 is 5.73 Å². The molecule has 0 amide bonds. The molecule has 1 aromatic carbocycles. The zero-order valence-electron chi connectivity index (χ0n) is 11.5. The lowest BCUT2D eigenvalue weighted by molar-refractivity contribution is 0.345. The fourth-order valence-corrected chi connectivity index (χ4v) is 2.95. The maximum Gasteiger partial charge on any atom is 0.184 e. The van der Waals surface area contributed by atoms with Gasteiger partial charge in [0, 0.05) is 12.2 Å². The minimum atomic E-state index is -0.388. The van der Waals surface area contributed by atoms with Crippen LogP contribution in [0.3, 0.4) is 0 Å². The molecule has 0 saturated heterocycles. The molecular weight excluding hydrogens is 257 g/mol. The van der Waals surface area contributed by atoms with Crippen molar-refractivity contribution in [1.29, 1.82) is 0 Å². The first-order chi connectivity index (χ1) is 9.65. The number of aromatic nitrogens is 4. The Bertz CT molecular complexity index is 609. The molecule has 3 rings (SSSR count). The van der Waals surface area contributed by atoms with E-state index >= 15 is 0 Å². The third-order valence-electron chi connectivity index (χ3n) is 4.21. The van der Waals surface area contributed by atoms with Gasteiger partial charge in [0.25, 0.3) is 0 Å². The summed E-state index contributed by atoms with van der Waals surface area (Å²) in [4.78, 5) is 0. The van der Waals surface area contributed by atoms with Crippen LogP contribution in [0, 0.1) is 17.7 Å². The third kappa shape index (κ3) is 2.37. The van der Waals surface area contributed by atoms with Gasteiger partial charge >= 0.3 is 0 Å². The molecule has 0 spiro atoms. The number of halogens is 1. The van der Waals surface area contributed by atoms with Crippen molar-refractivity contribution >= 4 is 5.69 Å². The van der Waals surface area contributed by atoms with Gasteiger partial charge in [-0.15, -0.1) is 5.10 Å². The first-order valence-corrected chi connectivity index (χ1v) is 6.96. The Hall–Kier alpha value is -1.98. The highest BCUT2D eigenvalue weighted by Crippen LogP contribution is 2.33. The van der Waals surface area contributed by atoms with Crippen molar-refractivity contribution in [1.82, 2.24) is 20.2 Å².